The van der Waals surface area contributed by atoms with Crippen LogP contribution in [0.3, 0.4) is 0 Å². The highest BCUT2D eigenvalue weighted by molar-refractivity contribution is 6.32. The Bertz CT molecular complexity index is 381. The monoisotopic (exact) mass is 212 g/mol. The number of hydrogen-bond acceptors (Lipinski definition) is 3. The van der Waals surface area contributed by atoms with Crippen molar-refractivity contribution in [3.05, 3.63) is 23.2 Å². The molecule has 14 heavy (non-hydrogen) atoms. The molecule has 1 amide bonds. The highest BCUT2D eigenvalue weighted by Gasteiger charge is 2.22. The lowest BCUT2D eigenvalue weighted by Gasteiger charge is -2.07. The van der Waals surface area contributed by atoms with Crippen LogP contribution in [0, 0.1) is 0 Å². The van der Waals surface area contributed by atoms with E-state index >= 15 is 0 Å². The summed E-state index contributed by atoms with van der Waals surface area (Å²) in [6, 6.07) is 4.50. The number of hydrogen-bond donors (Lipinski definition) is 2. The highest BCUT2D eigenvalue weighted by atomic mass is 35.5. The van der Waals surface area contributed by atoms with Crippen LogP contribution in [-0.4, -0.2) is 18.6 Å². The maximum absolute atomic E-state index is 11.3. The summed E-state index contributed by atoms with van der Waals surface area (Å²) in [5.74, 6) is 0.224. The first-order valence-corrected chi connectivity index (χ1v) is 4.54. The van der Waals surface area contributed by atoms with Gasteiger partial charge in [0.1, 0.15) is 12.6 Å². The van der Waals surface area contributed by atoms with E-state index in [-0.39, 0.29) is 12.5 Å². The van der Waals surface area contributed by atoms with Crippen molar-refractivity contribution in [3.8, 4) is 5.75 Å². The molecule has 1 aliphatic heterocycles. The van der Waals surface area contributed by atoms with Crippen LogP contribution < -0.4 is 15.8 Å². The van der Waals surface area contributed by atoms with Crippen molar-refractivity contribution < 1.29 is 9.53 Å². The molecule has 1 heterocycles. The van der Waals surface area contributed by atoms with Crippen LogP contribution in [0.15, 0.2) is 18.2 Å². The smallest absolute Gasteiger partial charge is 0.244 e. The van der Waals surface area contributed by atoms with Crippen molar-refractivity contribution in [3.63, 3.8) is 0 Å². The number of nitrogens with one attached hydrogen (secondary N) is 1. The van der Waals surface area contributed by atoms with Gasteiger partial charge in [-0.3, -0.25) is 4.79 Å². The van der Waals surface area contributed by atoms with Gasteiger partial charge in [0.05, 0.1) is 10.7 Å². The molecule has 74 valence electrons. The molecular weight excluding hydrogens is 204 g/mol. The predicted octanol–water partition coefficient (Wildman–Crippen LogP) is 0.998. The molecule has 3 N–H and O–H groups in total. The number of anilines is 1. The van der Waals surface area contributed by atoms with Crippen LogP contribution in [0.2, 0.25) is 5.02 Å². The average Bonchev–Trinajstić information content (AvgIpc) is 2.29. The molecule has 0 radical (unpaired) electrons. The summed E-state index contributed by atoms with van der Waals surface area (Å²) in [5, 5.41) is 3.11. The zero-order valence-corrected chi connectivity index (χ0v) is 8.04. The van der Waals surface area contributed by atoms with Gasteiger partial charge in [0.25, 0.3) is 0 Å². The van der Waals surface area contributed by atoms with Crippen LogP contribution in [0.4, 0.5) is 5.69 Å². The fraction of sp³-hybridized carbons (Fsp3) is 0.222. The quantitative estimate of drug-likeness (QED) is 0.674. The molecule has 1 atom stereocenters. The fourth-order valence-corrected chi connectivity index (χ4v) is 1.46. The van der Waals surface area contributed by atoms with Crippen molar-refractivity contribution in [1.82, 2.24) is 0 Å². The lowest BCUT2D eigenvalue weighted by molar-refractivity contribution is -0.117. The molecule has 0 spiro atoms. The molecule has 1 unspecified atom stereocenters. The SMILES string of the molecule is NC1COc2c(Cl)cccc2NC1=O. The van der Waals surface area contributed by atoms with Crippen molar-refractivity contribution in [1.29, 1.82) is 0 Å². The van der Waals surface area contributed by atoms with E-state index in [2.05, 4.69) is 5.32 Å². The van der Waals surface area contributed by atoms with Crippen molar-refractivity contribution >= 4 is 23.2 Å². The molecule has 0 bridgehead atoms. The first-order chi connectivity index (χ1) is 6.68. The summed E-state index contributed by atoms with van der Waals surface area (Å²) in [6.07, 6.45) is 0. The van der Waals surface area contributed by atoms with E-state index < -0.39 is 6.04 Å². The first kappa shape index (κ1) is 9.30. The topological polar surface area (TPSA) is 64.3 Å². The normalized spacial score (nSPS) is 20.4. The number of para-hydroxylation sites is 1. The minimum atomic E-state index is -0.654. The molecule has 0 aromatic heterocycles. The second-order valence-electron chi connectivity index (χ2n) is 3.02. The Labute approximate surface area is 86.0 Å². The molecule has 0 fully saturated rings. The van der Waals surface area contributed by atoms with Crippen LogP contribution in [-0.2, 0) is 4.79 Å². The molecule has 0 saturated carbocycles. The van der Waals surface area contributed by atoms with Crippen LogP contribution >= 0.6 is 11.6 Å². The summed E-state index contributed by atoms with van der Waals surface area (Å²) in [4.78, 5) is 11.3. The number of halogens is 1. The third kappa shape index (κ3) is 1.54. The number of ether oxygens (including phenoxy) is 1. The van der Waals surface area contributed by atoms with E-state index in [1.807, 2.05) is 0 Å². The Kier molecular flexibility index (Phi) is 2.31. The van der Waals surface area contributed by atoms with Gasteiger partial charge in [-0.05, 0) is 12.1 Å². The van der Waals surface area contributed by atoms with Gasteiger partial charge in [-0.15, -0.1) is 0 Å². The maximum Gasteiger partial charge on any atom is 0.244 e. The number of amides is 1. The highest BCUT2D eigenvalue weighted by Crippen LogP contribution is 2.34. The van der Waals surface area contributed by atoms with Gasteiger partial charge in [-0.2, -0.15) is 0 Å². The van der Waals surface area contributed by atoms with E-state index in [0.717, 1.165) is 0 Å². The Hall–Kier alpha value is -1.26. The zero-order valence-electron chi connectivity index (χ0n) is 7.29. The summed E-state index contributed by atoms with van der Waals surface area (Å²) < 4.78 is 5.32. The second kappa shape index (κ2) is 3.48. The minimum absolute atomic E-state index is 0.141. The predicted molar refractivity (Wildman–Crippen MR) is 53.6 cm³/mol. The number of carbonyl (C=O) groups is 1. The Balaban J connectivity index is 2.42. The number of carbonyl (C=O) groups excluding carboxylic acids is 1. The lowest BCUT2D eigenvalue weighted by atomic mass is 10.3. The van der Waals surface area contributed by atoms with Crippen molar-refractivity contribution in [2.24, 2.45) is 5.73 Å². The van der Waals surface area contributed by atoms with Crippen LogP contribution in [0.1, 0.15) is 0 Å². The molecule has 1 aromatic rings. The van der Waals surface area contributed by atoms with Crippen LogP contribution in [0.5, 0.6) is 5.75 Å². The van der Waals surface area contributed by atoms with E-state index in [0.29, 0.717) is 16.5 Å². The van der Waals surface area contributed by atoms with Crippen molar-refractivity contribution in [2.75, 3.05) is 11.9 Å². The van der Waals surface area contributed by atoms with E-state index in [4.69, 9.17) is 22.1 Å². The van der Waals surface area contributed by atoms with Gasteiger partial charge in [0.2, 0.25) is 5.91 Å². The number of fused-ring (bicyclic) bond motifs is 1. The largest absolute Gasteiger partial charge is 0.488 e. The first-order valence-electron chi connectivity index (χ1n) is 4.16. The average molecular weight is 213 g/mol. The van der Waals surface area contributed by atoms with Gasteiger partial charge >= 0.3 is 0 Å². The van der Waals surface area contributed by atoms with E-state index in [1.165, 1.54) is 0 Å². The summed E-state index contributed by atoms with van der Waals surface area (Å²) in [5.41, 5.74) is 6.09. The number of nitrogens with two attached hydrogens (primary N) is 1. The van der Waals surface area contributed by atoms with Crippen molar-refractivity contribution in [2.45, 2.75) is 6.04 Å². The minimum Gasteiger partial charge on any atom is -0.488 e. The van der Waals surface area contributed by atoms with Gasteiger partial charge in [-0.25, -0.2) is 0 Å². The van der Waals surface area contributed by atoms with E-state index in [1.54, 1.807) is 18.2 Å². The number of benzene rings is 1. The summed E-state index contributed by atoms with van der Waals surface area (Å²) >= 11 is 5.89. The molecule has 1 aliphatic rings. The van der Waals surface area contributed by atoms with Gasteiger partial charge < -0.3 is 15.8 Å². The third-order valence-electron chi connectivity index (χ3n) is 1.97. The Morgan fingerprint density at radius 1 is 1.57 bits per heavy atom. The van der Waals surface area contributed by atoms with Gasteiger partial charge in [-0.1, -0.05) is 17.7 Å². The molecule has 0 aliphatic carbocycles. The number of rotatable bonds is 0. The maximum atomic E-state index is 11.3. The summed E-state index contributed by atoms with van der Waals surface area (Å²) in [7, 11) is 0. The van der Waals surface area contributed by atoms with Gasteiger partial charge in [0, 0.05) is 0 Å². The molecule has 0 saturated heterocycles. The molecule has 5 heteroatoms. The fourth-order valence-electron chi connectivity index (χ4n) is 1.23. The lowest BCUT2D eigenvalue weighted by Crippen LogP contribution is -2.38. The standard InChI is InChI=1S/C9H9ClN2O2/c10-5-2-1-3-7-8(5)14-4-6(11)9(13)12-7/h1-3,6H,4,11H2,(H,12,13). The van der Waals surface area contributed by atoms with E-state index in [9.17, 15) is 4.79 Å². The Morgan fingerprint density at radius 3 is 3.14 bits per heavy atom. The molecule has 2 rings (SSSR count). The summed E-state index contributed by atoms with van der Waals surface area (Å²) in [6.45, 7) is 0.141. The van der Waals surface area contributed by atoms with Gasteiger partial charge in [0.15, 0.2) is 5.75 Å². The zero-order chi connectivity index (χ0) is 10.1. The Morgan fingerprint density at radius 2 is 2.36 bits per heavy atom. The molecule has 1 aromatic carbocycles. The molecular formula is C9H9ClN2O2. The molecule has 4 nitrogen and oxygen atoms in total. The third-order valence-corrected chi connectivity index (χ3v) is 2.27. The second-order valence-corrected chi connectivity index (χ2v) is 3.43. The van der Waals surface area contributed by atoms with Crippen LogP contribution in [0.25, 0.3) is 0 Å².